The quantitative estimate of drug-likeness (QED) is 0.270. The van der Waals surface area contributed by atoms with Crippen LogP contribution in [-0.2, 0) is 19.1 Å². The first-order valence-electron chi connectivity index (χ1n) is 5.88. The third-order valence-electron chi connectivity index (χ3n) is 2.44. The lowest BCUT2D eigenvalue weighted by Crippen LogP contribution is -2.15. The van der Waals surface area contributed by atoms with Crippen LogP contribution in [0.2, 0.25) is 10.0 Å². The summed E-state index contributed by atoms with van der Waals surface area (Å²) in [6, 6.07) is 2.93. The number of esters is 2. The molecule has 1 aromatic rings. The topological polar surface area (TPSA) is 61.8 Å². The first-order chi connectivity index (χ1) is 10.4. The number of hydrogen-bond acceptors (Lipinski definition) is 5. The molecule has 5 nitrogen and oxygen atoms in total. The van der Waals surface area contributed by atoms with E-state index < -0.39 is 11.9 Å². The molecule has 0 heterocycles. The van der Waals surface area contributed by atoms with Gasteiger partial charge in [0.15, 0.2) is 5.75 Å². The van der Waals surface area contributed by atoms with E-state index in [9.17, 15) is 9.59 Å². The first-order valence-corrected chi connectivity index (χ1v) is 6.63. The van der Waals surface area contributed by atoms with Gasteiger partial charge < -0.3 is 14.2 Å². The second-order valence-corrected chi connectivity index (χ2v) is 4.66. The van der Waals surface area contributed by atoms with Gasteiger partial charge in [-0.2, -0.15) is 0 Å². The van der Waals surface area contributed by atoms with Gasteiger partial charge >= 0.3 is 11.9 Å². The van der Waals surface area contributed by atoms with Crippen molar-refractivity contribution in [1.82, 2.24) is 0 Å². The maximum Gasteiger partial charge on any atom is 0.345 e. The van der Waals surface area contributed by atoms with Crippen LogP contribution in [-0.4, -0.2) is 32.8 Å². The highest BCUT2D eigenvalue weighted by Gasteiger charge is 2.20. The number of hydrogen-bond donors (Lipinski definition) is 0. The van der Waals surface area contributed by atoms with Crippen molar-refractivity contribution in [2.45, 2.75) is 0 Å². The molecule has 0 amide bonds. The molecule has 0 aliphatic rings. The minimum absolute atomic E-state index is 0.00416. The highest BCUT2D eigenvalue weighted by molar-refractivity contribution is 6.37. The highest BCUT2D eigenvalue weighted by atomic mass is 35.5. The lowest BCUT2D eigenvalue weighted by atomic mass is 10.1. The lowest BCUT2D eigenvalue weighted by molar-refractivity contribution is -0.143. The van der Waals surface area contributed by atoms with Crippen LogP contribution in [0.5, 0.6) is 5.75 Å². The number of ether oxygens (including phenoxy) is 3. The zero-order valence-corrected chi connectivity index (χ0v) is 13.3. The molecule has 0 atom stereocenters. The molecule has 0 saturated carbocycles. The molecule has 0 radical (unpaired) electrons. The summed E-state index contributed by atoms with van der Waals surface area (Å²) in [6.07, 6.45) is 6.35. The molecule has 0 aliphatic carbocycles. The van der Waals surface area contributed by atoms with Crippen molar-refractivity contribution in [3.8, 4) is 18.1 Å². The summed E-state index contributed by atoms with van der Waals surface area (Å²) in [5.41, 5.74) is 0.100. The minimum atomic E-state index is -0.841. The molecule has 0 bridgehead atoms. The Hall–Kier alpha value is -2.16. The number of carbonyl (C=O) groups is 2. The van der Waals surface area contributed by atoms with Gasteiger partial charge in [-0.1, -0.05) is 29.1 Å². The summed E-state index contributed by atoms with van der Waals surface area (Å²) in [6.45, 7) is 0.00416. The fourth-order valence-corrected chi connectivity index (χ4v) is 2.12. The molecule has 0 aliphatic heterocycles. The third-order valence-corrected chi connectivity index (χ3v) is 3.00. The van der Waals surface area contributed by atoms with Crippen molar-refractivity contribution in [2.24, 2.45) is 0 Å². The summed E-state index contributed by atoms with van der Waals surface area (Å²) in [7, 11) is 2.30. The van der Waals surface area contributed by atoms with E-state index in [1.165, 1.54) is 18.2 Å². The van der Waals surface area contributed by atoms with E-state index >= 15 is 0 Å². The van der Waals surface area contributed by atoms with Crippen LogP contribution in [0.4, 0.5) is 0 Å². The molecule has 1 aromatic carbocycles. The number of methoxy groups -OCH3 is 2. The largest absolute Gasteiger partial charge is 0.478 e. The monoisotopic (exact) mass is 342 g/mol. The molecule has 0 fully saturated rings. The van der Waals surface area contributed by atoms with Gasteiger partial charge in [0.25, 0.3) is 0 Å². The molecular weight excluding hydrogens is 331 g/mol. The molecule has 0 spiro atoms. The third kappa shape index (κ3) is 4.42. The highest BCUT2D eigenvalue weighted by Crippen LogP contribution is 2.34. The summed E-state index contributed by atoms with van der Waals surface area (Å²) >= 11 is 12.1. The first kappa shape index (κ1) is 17.9. The van der Waals surface area contributed by atoms with E-state index in [-0.39, 0.29) is 28.0 Å². The van der Waals surface area contributed by atoms with Crippen molar-refractivity contribution in [3.05, 3.63) is 33.3 Å². The molecule has 0 saturated heterocycles. The van der Waals surface area contributed by atoms with Crippen LogP contribution in [0.1, 0.15) is 5.56 Å². The van der Waals surface area contributed by atoms with Crippen molar-refractivity contribution < 1.29 is 23.8 Å². The van der Waals surface area contributed by atoms with Gasteiger partial charge in [0, 0.05) is 0 Å². The summed E-state index contributed by atoms with van der Waals surface area (Å²) in [5, 5.41) is 0.367. The maximum absolute atomic E-state index is 11.6. The smallest absolute Gasteiger partial charge is 0.345 e. The lowest BCUT2D eigenvalue weighted by Gasteiger charge is -2.09. The fourth-order valence-electron chi connectivity index (χ4n) is 1.50. The second-order valence-electron chi connectivity index (χ2n) is 3.85. The molecule has 0 N–H and O–H groups in total. The molecule has 1 rings (SSSR count). The standard InChI is InChI=1S/C15H12Cl2O5/c1-4-5-22-13-11(16)7-9(8-12(13)17)6-10(14(18)20-2)15(19)21-3/h1,6-8H,5H2,2-3H3. The number of rotatable bonds is 5. The van der Waals surface area contributed by atoms with E-state index in [1.807, 2.05) is 0 Å². The SMILES string of the molecule is C#CCOc1c(Cl)cc(C=C(C(=O)OC)C(=O)OC)cc1Cl. The normalized spacial score (nSPS) is 9.41. The summed E-state index contributed by atoms with van der Waals surface area (Å²) < 4.78 is 14.3. The van der Waals surface area contributed by atoms with Gasteiger partial charge in [0.2, 0.25) is 0 Å². The Kier molecular flexibility index (Phi) is 6.77. The molecular formula is C15H12Cl2O5. The van der Waals surface area contributed by atoms with Crippen LogP contribution in [0, 0.1) is 12.3 Å². The van der Waals surface area contributed by atoms with Gasteiger partial charge in [0.05, 0.1) is 24.3 Å². The Labute approximate surface area is 137 Å². The van der Waals surface area contributed by atoms with Crippen LogP contribution >= 0.6 is 23.2 Å². The Balaban J connectivity index is 3.26. The number of halogens is 2. The second kappa shape index (κ2) is 8.32. The van der Waals surface area contributed by atoms with E-state index in [2.05, 4.69) is 15.4 Å². The van der Waals surface area contributed by atoms with Gasteiger partial charge in [-0.3, -0.25) is 0 Å². The Morgan fingerprint density at radius 1 is 1.18 bits per heavy atom. The van der Waals surface area contributed by atoms with Crippen LogP contribution < -0.4 is 4.74 Å². The van der Waals surface area contributed by atoms with Crippen molar-refractivity contribution in [1.29, 1.82) is 0 Å². The fraction of sp³-hybridized carbons (Fsp3) is 0.200. The maximum atomic E-state index is 11.6. The minimum Gasteiger partial charge on any atom is -0.478 e. The molecule has 116 valence electrons. The predicted molar refractivity (Wildman–Crippen MR) is 82.8 cm³/mol. The van der Waals surface area contributed by atoms with Crippen molar-refractivity contribution >= 4 is 41.2 Å². The number of terminal acetylenes is 1. The van der Waals surface area contributed by atoms with Gasteiger partial charge in [-0.15, -0.1) is 6.42 Å². The average molecular weight is 343 g/mol. The number of benzene rings is 1. The molecule has 7 heteroatoms. The zero-order chi connectivity index (χ0) is 16.7. The van der Waals surface area contributed by atoms with E-state index in [1.54, 1.807) is 0 Å². The average Bonchev–Trinajstić information content (AvgIpc) is 2.50. The Morgan fingerprint density at radius 2 is 1.68 bits per heavy atom. The molecule has 22 heavy (non-hydrogen) atoms. The Morgan fingerprint density at radius 3 is 2.09 bits per heavy atom. The van der Waals surface area contributed by atoms with Crippen molar-refractivity contribution in [2.75, 3.05) is 20.8 Å². The predicted octanol–water partition coefficient (Wildman–Crippen LogP) is 2.73. The number of carbonyl (C=O) groups excluding carboxylic acids is 2. The van der Waals surface area contributed by atoms with Gasteiger partial charge in [-0.05, 0) is 23.8 Å². The zero-order valence-electron chi connectivity index (χ0n) is 11.8. The van der Waals surface area contributed by atoms with E-state index in [0.717, 1.165) is 14.2 Å². The van der Waals surface area contributed by atoms with Gasteiger partial charge in [0.1, 0.15) is 12.2 Å². The molecule has 0 unspecified atom stereocenters. The van der Waals surface area contributed by atoms with Gasteiger partial charge in [-0.25, -0.2) is 9.59 Å². The summed E-state index contributed by atoms with van der Waals surface area (Å²) in [5.74, 6) is 0.825. The van der Waals surface area contributed by atoms with Crippen LogP contribution in [0.3, 0.4) is 0 Å². The Bertz CT molecular complexity index is 617. The van der Waals surface area contributed by atoms with Crippen LogP contribution in [0.25, 0.3) is 6.08 Å². The van der Waals surface area contributed by atoms with Crippen molar-refractivity contribution in [3.63, 3.8) is 0 Å². The van der Waals surface area contributed by atoms with E-state index in [0.29, 0.717) is 5.56 Å². The van der Waals surface area contributed by atoms with E-state index in [4.69, 9.17) is 34.4 Å². The summed E-state index contributed by atoms with van der Waals surface area (Å²) in [4.78, 5) is 23.2. The molecule has 0 aromatic heterocycles. The van der Waals surface area contributed by atoms with Crippen LogP contribution in [0.15, 0.2) is 17.7 Å².